The van der Waals surface area contributed by atoms with Crippen LogP contribution in [0, 0.1) is 5.41 Å². The van der Waals surface area contributed by atoms with Gasteiger partial charge in [0, 0.05) is 26.2 Å². The molecule has 1 aromatic rings. The standard InChI is InChI=1S/C20H21F9N2O2/c21-18(22,23)14-3-1-2-13(10-14)11-30-7-4-17(12-30)5-8-31(9-6-17)16(32)33-15(19(24,25)26)20(27,28)29/h1-3,10,15H,4-9,11-12H2. The summed E-state index contributed by atoms with van der Waals surface area (Å²) in [5, 5.41) is 0. The largest absolute Gasteiger partial charge is 0.434 e. The van der Waals surface area contributed by atoms with Crippen molar-refractivity contribution in [2.45, 2.75) is 50.4 Å². The fourth-order valence-corrected chi connectivity index (χ4v) is 4.33. The summed E-state index contributed by atoms with van der Waals surface area (Å²) in [7, 11) is 0. The third-order valence-electron chi connectivity index (χ3n) is 6.07. The number of halogens is 9. The fraction of sp³-hybridized carbons (Fsp3) is 0.650. The summed E-state index contributed by atoms with van der Waals surface area (Å²) in [4.78, 5) is 14.7. The Morgan fingerprint density at radius 1 is 0.939 bits per heavy atom. The molecule has 2 aliphatic heterocycles. The third-order valence-corrected chi connectivity index (χ3v) is 6.07. The molecule has 13 heteroatoms. The van der Waals surface area contributed by atoms with Gasteiger partial charge < -0.3 is 9.64 Å². The Morgan fingerprint density at radius 2 is 1.52 bits per heavy atom. The van der Waals surface area contributed by atoms with Gasteiger partial charge in [-0.3, -0.25) is 4.90 Å². The molecular weight excluding hydrogens is 471 g/mol. The van der Waals surface area contributed by atoms with Crippen molar-refractivity contribution in [3.63, 3.8) is 0 Å². The molecule has 1 aromatic carbocycles. The number of benzene rings is 1. The van der Waals surface area contributed by atoms with E-state index in [-0.39, 0.29) is 25.0 Å². The van der Waals surface area contributed by atoms with E-state index in [9.17, 15) is 44.3 Å². The first-order chi connectivity index (χ1) is 15.1. The highest BCUT2D eigenvalue weighted by Gasteiger charge is 2.60. The molecule has 3 rings (SSSR count). The number of piperidine rings is 1. The average molecular weight is 492 g/mol. The van der Waals surface area contributed by atoms with Crippen molar-refractivity contribution in [2.75, 3.05) is 26.2 Å². The van der Waals surface area contributed by atoms with Gasteiger partial charge in [0.25, 0.3) is 6.10 Å². The summed E-state index contributed by atoms with van der Waals surface area (Å²) in [6, 6.07) is 4.95. The van der Waals surface area contributed by atoms with Gasteiger partial charge in [-0.15, -0.1) is 0 Å². The monoisotopic (exact) mass is 492 g/mol. The molecule has 2 fully saturated rings. The van der Waals surface area contributed by atoms with Crippen molar-refractivity contribution < 1.29 is 49.0 Å². The van der Waals surface area contributed by atoms with E-state index < -0.39 is 36.3 Å². The second kappa shape index (κ2) is 8.88. The molecule has 0 saturated carbocycles. The average Bonchev–Trinajstić information content (AvgIpc) is 3.06. The van der Waals surface area contributed by atoms with Crippen molar-refractivity contribution in [3.8, 4) is 0 Å². The number of alkyl halides is 9. The molecule has 0 bridgehead atoms. The van der Waals surface area contributed by atoms with Crippen LogP contribution >= 0.6 is 0 Å². The van der Waals surface area contributed by atoms with E-state index in [2.05, 4.69) is 4.74 Å². The first kappa shape index (κ1) is 25.4. The van der Waals surface area contributed by atoms with Crippen molar-refractivity contribution in [1.29, 1.82) is 0 Å². The van der Waals surface area contributed by atoms with E-state index in [1.165, 1.54) is 6.07 Å². The summed E-state index contributed by atoms with van der Waals surface area (Å²) in [6.45, 7) is 1.21. The maximum absolute atomic E-state index is 12.9. The normalized spacial score (nSPS) is 20.0. The molecular formula is C20H21F9N2O2. The van der Waals surface area contributed by atoms with Crippen LogP contribution in [0.25, 0.3) is 0 Å². The molecule has 2 aliphatic rings. The molecule has 33 heavy (non-hydrogen) atoms. The van der Waals surface area contributed by atoms with Gasteiger partial charge in [0.1, 0.15) is 0 Å². The lowest BCUT2D eigenvalue weighted by Crippen LogP contribution is -2.50. The van der Waals surface area contributed by atoms with Crippen LogP contribution in [-0.4, -0.2) is 60.5 Å². The molecule has 1 amide bonds. The number of carbonyl (C=O) groups is 1. The van der Waals surface area contributed by atoms with Crippen LogP contribution in [0.15, 0.2) is 24.3 Å². The molecule has 0 N–H and O–H groups in total. The predicted octanol–water partition coefficient (Wildman–Crippen LogP) is 5.62. The number of amides is 1. The highest BCUT2D eigenvalue weighted by atomic mass is 19.4. The quantitative estimate of drug-likeness (QED) is 0.514. The van der Waals surface area contributed by atoms with E-state index in [4.69, 9.17) is 0 Å². The molecule has 0 aliphatic carbocycles. The second-order valence-electron chi connectivity index (χ2n) is 8.49. The number of hydrogen-bond acceptors (Lipinski definition) is 3. The summed E-state index contributed by atoms with van der Waals surface area (Å²) >= 11 is 0. The maximum Gasteiger partial charge on any atom is 0.434 e. The molecule has 186 valence electrons. The maximum atomic E-state index is 12.9. The Kier molecular flexibility index (Phi) is 6.84. The lowest BCUT2D eigenvalue weighted by atomic mass is 9.78. The third kappa shape index (κ3) is 6.24. The van der Waals surface area contributed by atoms with Crippen LogP contribution in [0.5, 0.6) is 0 Å². The van der Waals surface area contributed by atoms with Gasteiger partial charge >= 0.3 is 24.6 Å². The van der Waals surface area contributed by atoms with Gasteiger partial charge in [-0.1, -0.05) is 18.2 Å². The number of hydrogen-bond donors (Lipinski definition) is 0. The van der Waals surface area contributed by atoms with Crippen molar-refractivity contribution >= 4 is 6.09 Å². The van der Waals surface area contributed by atoms with E-state index in [1.807, 2.05) is 4.90 Å². The van der Waals surface area contributed by atoms with Crippen LogP contribution in [-0.2, 0) is 17.5 Å². The highest BCUT2D eigenvalue weighted by molar-refractivity contribution is 5.68. The van der Waals surface area contributed by atoms with Gasteiger partial charge in [0.05, 0.1) is 5.56 Å². The van der Waals surface area contributed by atoms with Gasteiger partial charge in [-0.25, -0.2) is 4.79 Å². The van der Waals surface area contributed by atoms with E-state index in [0.717, 1.165) is 17.0 Å². The number of likely N-dealkylation sites (tertiary alicyclic amines) is 2. The van der Waals surface area contributed by atoms with Gasteiger partial charge in [-0.05, 0) is 42.9 Å². The molecule has 0 unspecified atom stereocenters. The first-order valence-electron chi connectivity index (χ1n) is 10.1. The molecule has 2 heterocycles. The zero-order valence-electron chi connectivity index (χ0n) is 17.2. The number of ether oxygens (including phenoxy) is 1. The summed E-state index contributed by atoms with van der Waals surface area (Å²) in [5.74, 6) is 0. The van der Waals surface area contributed by atoms with Gasteiger partial charge in [0.15, 0.2) is 0 Å². The second-order valence-corrected chi connectivity index (χ2v) is 8.49. The Morgan fingerprint density at radius 3 is 2.06 bits per heavy atom. The van der Waals surface area contributed by atoms with Crippen molar-refractivity contribution in [2.24, 2.45) is 5.41 Å². The first-order valence-corrected chi connectivity index (χ1v) is 10.1. The lowest BCUT2D eigenvalue weighted by molar-refractivity contribution is -0.308. The minimum absolute atomic E-state index is 0.0708. The zero-order valence-corrected chi connectivity index (χ0v) is 17.2. The SMILES string of the molecule is O=C(OC(C(F)(F)F)C(F)(F)F)N1CCC2(CCN(Cc3cccc(C(F)(F)F)c3)C2)CC1. The smallest absolute Gasteiger partial charge is 0.426 e. The minimum atomic E-state index is -5.78. The topological polar surface area (TPSA) is 32.8 Å². The molecule has 2 saturated heterocycles. The number of rotatable bonds is 3. The van der Waals surface area contributed by atoms with Crippen LogP contribution in [0.2, 0.25) is 0 Å². The van der Waals surface area contributed by atoms with Crippen LogP contribution in [0.1, 0.15) is 30.4 Å². The predicted molar refractivity (Wildman–Crippen MR) is 97.0 cm³/mol. The summed E-state index contributed by atoms with van der Waals surface area (Å²) < 4.78 is 118. The number of nitrogens with zero attached hydrogens (tertiary/aromatic N) is 2. The van der Waals surface area contributed by atoms with Crippen molar-refractivity contribution in [1.82, 2.24) is 9.80 Å². The highest BCUT2D eigenvalue weighted by Crippen LogP contribution is 2.42. The van der Waals surface area contributed by atoms with Gasteiger partial charge in [-0.2, -0.15) is 39.5 Å². The molecule has 0 atom stereocenters. The van der Waals surface area contributed by atoms with E-state index in [0.29, 0.717) is 37.9 Å². The van der Waals surface area contributed by atoms with Crippen LogP contribution in [0.4, 0.5) is 44.3 Å². The zero-order chi connectivity index (χ0) is 24.7. The summed E-state index contributed by atoms with van der Waals surface area (Å²) in [5.41, 5.74) is -0.587. The Hall–Kier alpha value is -2.18. The Balaban J connectivity index is 1.55. The van der Waals surface area contributed by atoms with Gasteiger partial charge in [0.2, 0.25) is 0 Å². The lowest BCUT2D eigenvalue weighted by Gasteiger charge is -2.39. The fourth-order valence-electron chi connectivity index (χ4n) is 4.33. The van der Waals surface area contributed by atoms with Crippen LogP contribution in [0.3, 0.4) is 0 Å². The molecule has 4 nitrogen and oxygen atoms in total. The Bertz CT molecular complexity index is 829. The molecule has 1 spiro atoms. The Labute approximate surface area is 183 Å². The molecule has 0 aromatic heterocycles. The van der Waals surface area contributed by atoms with E-state index >= 15 is 0 Å². The van der Waals surface area contributed by atoms with Crippen molar-refractivity contribution in [3.05, 3.63) is 35.4 Å². The number of carbonyl (C=O) groups excluding carboxylic acids is 1. The minimum Gasteiger partial charge on any atom is -0.426 e. The van der Waals surface area contributed by atoms with Crippen LogP contribution < -0.4 is 0 Å². The molecule has 0 radical (unpaired) electrons. The summed E-state index contributed by atoms with van der Waals surface area (Å²) in [6.07, 6.45) is -20.6. The van der Waals surface area contributed by atoms with E-state index in [1.54, 1.807) is 6.07 Å².